The second-order valence-corrected chi connectivity index (χ2v) is 5.14. The Balaban J connectivity index is 1.95. The van der Waals surface area contributed by atoms with Crippen LogP contribution in [0.5, 0.6) is 0 Å². The molecule has 2 heteroatoms. The monoisotopic (exact) mass is 227 g/mol. The summed E-state index contributed by atoms with van der Waals surface area (Å²) in [4.78, 5) is 0. The van der Waals surface area contributed by atoms with Gasteiger partial charge in [0.25, 0.3) is 0 Å². The smallest absolute Gasteiger partial charge is 0.0494 e. The third kappa shape index (κ3) is 5.86. The summed E-state index contributed by atoms with van der Waals surface area (Å²) in [6.07, 6.45) is 7.87. The van der Waals surface area contributed by atoms with Crippen LogP contribution in [-0.2, 0) is 4.74 Å². The normalized spacial score (nSPS) is 22.5. The first-order valence-electron chi connectivity index (χ1n) is 7.15. The molecule has 0 aromatic carbocycles. The highest BCUT2D eigenvalue weighted by Gasteiger charge is 2.14. The van der Waals surface area contributed by atoms with E-state index in [0.717, 1.165) is 25.0 Å². The molecule has 0 aliphatic carbocycles. The fourth-order valence-electron chi connectivity index (χ4n) is 2.36. The summed E-state index contributed by atoms with van der Waals surface area (Å²) in [6, 6.07) is 0. The highest BCUT2D eigenvalue weighted by atomic mass is 16.5. The van der Waals surface area contributed by atoms with Crippen molar-refractivity contribution in [3.05, 3.63) is 0 Å². The minimum atomic E-state index is 0.793. The maximum absolute atomic E-state index is 5.82. The summed E-state index contributed by atoms with van der Waals surface area (Å²) in [5.41, 5.74) is 0. The number of unbranched alkanes of at least 4 members (excludes halogenated alkanes) is 1. The average molecular weight is 227 g/mol. The molecule has 2 unspecified atom stereocenters. The topological polar surface area (TPSA) is 21.3 Å². The van der Waals surface area contributed by atoms with Crippen molar-refractivity contribution in [2.24, 2.45) is 11.8 Å². The van der Waals surface area contributed by atoms with Crippen LogP contribution in [0.25, 0.3) is 0 Å². The minimum absolute atomic E-state index is 0.793. The number of hydrogen-bond acceptors (Lipinski definition) is 2. The van der Waals surface area contributed by atoms with Crippen LogP contribution in [0.4, 0.5) is 0 Å². The Hall–Kier alpha value is -0.0800. The Labute approximate surface area is 101 Å². The van der Waals surface area contributed by atoms with Crippen molar-refractivity contribution >= 4 is 0 Å². The van der Waals surface area contributed by atoms with Crippen molar-refractivity contribution in [2.75, 3.05) is 26.3 Å². The van der Waals surface area contributed by atoms with Crippen molar-refractivity contribution in [1.82, 2.24) is 5.32 Å². The van der Waals surface area contributed by atoms with Gasteiger partial charge >= 0.3 is 0 Å². The molecule has 0 amide bonds. The Morgan fingerprint density at radius 2 is 2.25 bits per heavy atom. The van der Waals surface area contributed by atoms with Gasteiger partial charge in [0, 0.05) is 13.2 Å². The van der Waals surface area contributed by atoms with Gasteiger partial charge in [0.2, 0.25) is 0 Å². The molecule has 1 aliphatic rings. The van der Waals surface area contributed by atoms with E-state index in [1.165, 1.54) is 51.6 Å². The lowest BCUT2D eigenvalue weighted by molar-refractivity contribution is 0.0850. The molecule has 0 aromatic heterocycles. The molecule has 1 aliphatic heterocycles. The van der Waals surface area contributed by atoms with Crippen LogP contribution in [0.15, 0.2) is 0 Å². The highest BCUT2D eigenvalue weighted by Crippen LogP contribution is 2.15. The van der Waals surface area contributed by atoms with Gasteiger partial charge in [-0.3, -0.25) is 0 Å². The molecule has 16 heavy (non-hydrogen) atoms. The Morgan fingerprint density at radius 3 is 2.88 bits per heavy atom. The molecule has 96 valence electrons. The summed E-state index contributed by atoms with van der Waals surface area (Å²) in [6.45, 7) is 8.91. The summed E-state index contributed by atoms with van der Waals surface area (Å²) >= 11 is 0. The Bertz CT molecular complexity index is 155. The van der Waals surface area contributed by atoms with E-state index < -0.39 is 0 Å². The van der Waals surface area contributed by atoms with E-state index in [9.17, 15) is 0 Å². The van der Waals surface area contributed by atoms with Crippen molar-refractivity contribution < 1.29 is 4.74 Å². The largest absolute Gasteiger partial charge is 0.381 e. The van der Waals surface area contributed by atoms with Gasteiger partial charge in [0.05, 0.1) is 0 Å². The summed E-state index contributed by atoms with van der Waals surface area (Å²) in [5.74, 6) is 1.66. The van der Waals surface area contributed by atoms with Gasteiger partial charge in [-0.25, -0.2) is 0 Å². The Kier molecular flexibility index (Phi) is 7.87. The zero-order chi connectivity index (χ0) is 11.6. The Morgan fingerprint density at radius 1 is 1.38 bits per heavy atom. The number of ether oxygens (including phenoxy) is 1. The molecule has 2 atom stereocenters. The zero-order valence-electron chi connectivity index (χ0n) is 11.1. The first kappa shape index (κ1) is 14.0. The van der Waals surface area contributed by atoms with Crippen LogP contribution in [0.1, 0.15) is 52.4 Å². The summed E-state index contributed by atoms with van der Waals surface area (Å²) in [7, 11) is 0. The van der Waals surface area contributed by atoms with E-state index in [1.807, 2.05) is 0 Å². The predicted molar refractivity (Wildman–Crippen MR) is 69.7 cm³/mol. The van der Waals surface area contributed by atoms with Gasteiger partial charge in [-0.05, 0) is 44.2 Å². The molecular formula is C14H29NO. The van der Waals surface area contributed by atoms with Crippen LogP contribution in [0.2, 0.25) is 0 Å². The van der Waals surface area contributed by atoms with E-state index in [0.29, 0.717) is 0 Å². The molecule has 0 bridgehead atoms. The van der Waals surface area contributed by atoms with Gasteiger partial charge in [-0.15, -0.1) is 0 Å². The molecular weight excluding hydrogens is 198 g/mol. The lowest BCUT2D eigenvalue weighted by Gasteiger charge is -2.15. The summed E-state index contributed by atoms with van der Waals surface area (Å²) in [5, 5.41) is 3.41. The first-order chi connectivity index (χ1) is 7.86. The van der Waals surface area contributed by atoms with E-state index >= 15 is 0 Å². The molecule has 1 N–H and O–H groups in total. The third-order valence-corrected chi connectivity index (χ3v) is 3.73. The SMILES string of the molecule is CCCCC(CC)COCCC1CCNC1. The molecule has 0 aromatic rings. The fraction of sp³-hybridized carbons (Fsp3) is 1.00. The maximum Gasteiger partial charge on any atom is 0.0494 e. The standard InChI is InChI=1S/C14H29NO/c1-3-5-6-13(4-2)12-16-10-8-14-7-9-15-11-14/h13-15H,3-12H2,1-2H3. The average Bonchev–Trinajstić information content (AvgIpc) is 2.81. The minimum Gasteiger partial charge on any atom is -0.381 e. The van der Waals surface area contributed by atoms with Gasteiger partial charge in [0.15, 0.2) is 0 Å². The van der Waals surface area contributed by atoms with Crippen LogP contribution < -0.4 is 5.32 Å². The first-order valence-corrected chi connectivity index (χ1v) is 7.15. The van der Waals surface area contributed by atoms with Crippen LogP contribution in [0, 0.1) is 11.8 Å². The van der Waals surface area contributed by atoms with E-state index in [1.54, 1.807) is 0 Å². The second kappa shape index (κ2) is 9.00. The lowest BCUT2D eigenvalue weighted by Crippen LogP contribution is -2.13. The van der Waals surface area contributed by atoms with E-state index in [4.69, 9.17) is 4.74 Å². The number of nitrogens with one attached hydrogen (secondary N) is 1. The molecule has 1 heterocycles. The van der Waals surface area contributed by atoms with Crippen LogP contribution in [-0.4, -0.2) is 26.3 Å². The van der Waals surface area contributed by atoms with Crippen molar-refractivity contribution in [2.45, 2.75) is 52.4 Å². The zero-order valence-corrected chi connectivity index (χ0v) is 11.1. The van der Waals surface area contributed by atoms with Gasteiger partial charge in [-0.2, -0.15) is 0 Å². The van der Waals surface area contributed by atoms with Crippen molar-refractivity contribution in [3.63, 3.8) is 0 Å². The number of rotatable bonds is 9. The molecule has 2 nitrogen and oxygen atoms in total. The number of hydrogen-bond donors (Lipinski definition) is 1. The molecule has 1 fully saturated rings. The second-order valence-electron chi connectivity index (χ2n) is 5.14. The molecule has 1 saturated heterocycles. The fourth-order valence-corrected chi connectivity index (χ4v) is 2.36. The van der Waals surface area contributed by atoms with E-state index in [2.05, 4.69) is 19.2 Å². The van der Waals surface area contributed by atoms with Crippen LogP contribution >= 0.6 is 0 Å². The van der Waals surface area contributed by atoms with Crippen LogP contribution in [0.3, 0.4) is 0 Å². The highest BCUT2D eigenvalue weighted by molar-refractivity contribution is 4.70. The molecule has 0 saturated carbocycles. The lowest BCUT2D eigenvalue weighted by atomic mass is 10.0. The quantitative estimate of drug-likeness (QED) is 0.611. The molecule has 0 spiro atoms. The van der Waals surface area contributed by atoms with E-state index in [-0.39, 0.29) is 0 Å². The predicted octanol–water partition coefficient (Wildman–Crippen LogP) is 3.22. The van der Waals surface area contributed by atoms with Crippen molar-refractivity contribution in [3.8, 4) is 0 Å². The van der Waals surface area contributed by atoms with Crippen molar-refractivity contribution in [1.29, 1.82) is 0 Å². The maximum atomic E-state index is 5.82. The van der Waals surface area contributed by atoms with Gasteiger partial charge in [-0.1, -0.05) is 33.1 Å². The van der Waals surface area contributed by atoms with Gasteiger partial charge < -0.3 is 10.1 Å². The summed E-state index contributed by atoms with van der Waals surface area (Å²) < 4.78 is 5.82. The van der Waals surface area contributed by atoms with Gasteiger partial charge in [0.1, 0.15) is 0 Å². The molecule has 1 rings (SSSR count). The molecule has 0 radical (unpaired) electrons. The third-order valence-electron chi connectivity index (χ3n) is 3.73.